The molecule has 1 aromatic carbocycles. The summed E-state index contributed by atoms with van der Waals surface area (Å²) in [6.45, 7) is 10.1. The number of likely N-dealkylation sites (N-methyl/N-ethyl adjacent to an activating group) is 1. The van der Waals surface area contributed by atoms with Crippen LogP contribution in [0.4, 0.5) is 5.69 Å². The summed E-state index contributed by atoms with van der Waals surface area (Å²) in [7, 11) is 1.95. The Morgan fingerprint density at radius 3 is 2.43 bits per heavy atom. The predicted octanol–water partition coefficient (Wildman–Crippen LogP) is 2.90. The molecule has 1 amide bonds. The van der Waals surface area contributed by atoms with Crippen LogP contribution in [0.25, 0.3) is 0 Å². The number of aromatic nitrogens is 2. The Morgan fingerprint density at radius 2 is 1.87 bits per heavy atom. The van der Waals surface area contributed by atoms with E-state index in [1.807, 2.05) is 48.8 Å². The third-order valence-electron chi connectivity index (χ3n) is 3.86. The largest absolute Gasteiger partial charge is 0.325 e. The summed E-state index contributed by atoms with van der Waals surface area (Å²) in [5.41, 5.74) is 5.48. The number of hydrogen-bond donors (Lipinski definition) is 1. The molecule has 0 atom stereocenters. The van der Waals surface area contributed by atoms with Crippen LogP contribution in [0, 0.1) is 20.8 Å². The van der Waals surface area contributed by atoms with Crippen molar-refractivity contribution in [2.24, 2.45) is 0 Å². The van der Waals surface area contributed by atoms with E-state index in [1.54, 1.807) is 0 Å². The Kier molecular flexibility index (Phi) is 5.55. The highest BCUT2D eigenvalue weighted by Crippen LogP contribution is 2.14. The molecule has 0 aliphatic heterocycles. The Balaban J connectivity index is 1.92. The van der Waals surface area contributed by atoms with Gasteiger partial charge < -0.3 is 5.32 Å². The smallest absolute Gasteiger partial charge is 0.238 e. The highest BCUT2D eigenvalue weighted by Gasteiger charge is 2.11. The number of anilines is 1. The van der Waals surface area contributed by atoms with E-state index in [0.717, 1.165) is 34.6 Å². The molecule has 0 saturated heterocycles. The van der Waals surface area contributed by atoms with Gasteiger partial charge in [0, 0.05) is 30.0 Å². The van der Waals surface area contributed by atoms with Crippen molar-refractivity contribution in [3.05, 3.63) is 46.8 Å². The highest BCUT2D eigenvalue weighted by atomic mass is 16.2. The van der Waals surface area contributed by atoms with Crippen molar-refractivity contribution in [2.75, 3.05) is 18.9 Å². The Morgan fingerprint density at radius 1 is 1.22 bits per heavy atom. The standard InChI is InChI=1S/C18H26N4O/c1-6-22-15(4)16(10-19-22)11-21(5)12-18(23)20-17-8-13(2)7-14(3)9-17/h7-10H,6,11-12H2,1-5H3,(H,20,23). The van der Waals surface area contributed by atoms with E-state index in [9.17, 15) is 4.79 Å². The van der Waals surface area contributed by atoms with E-state index >= 15 is 0 Å². The molecule has 1 aromatic heterocycles. The molecule has 0 aliphatic carbocycles. The first-order valence-electron chi connectivity index (χ1n) is 7.97. The second kappa shape index (κ2) is 7.42. The maximum absolute atomic E-state index is 12.2. The number of aryl methyl sites for hydroxylation is 3. The minimum Gasteiger partial charge on any atom is -0.325 e. The van der Waals surface area contributed by atoms with Gasteiger partial charge in [0.1, 0.15) is 0 Å². The van der Waals surface area contributed by atoms with Gasteiger partial charge in [0.15, 0.2) is 0 Å². The maximum Gasteiger partial charge on any atom is 0.238 e. The number of rotatable bonds is 6. The third kappa shape index (κ3) is 4.66. The second-order valence-corrected chi connectivity index (χ2v) is 6.17. The SMILES string of the molecule is CCn1ncc(CN(C)CC(=O)Nc2cc(C)cc(C)c2)c1C. The van der Waals surface area contributed by atoms with Crippen LogP contribution in [0.1, 0.15) is 29.3 Å². The maximum atomic E-state index is 12.2. The molecule has 1 heterocycles. The molecule has 23 heavy (non-hydrogen) atoms. The normalized spacial score (nSPS) is 11.0. The minimum atomic E-state index is -0.00182. The van der Waals surface area contributed by atoms with Gasteiger partial charge in [-0.15, -0.1) is 0 Å². The molecule has 0 unspecified atom stereocenters. The first kappa shape index (κ1) is 17.2. The van der Waals surface area contributed by atoms with Crippen LogP contribution < -0.4 is 5.32 Å². The molecule has 0 radical (unpaired) electrons. The summed E-state index contributed by atoms with van der Waals surface area (Å²) in [6.07, 6.45) is 1.89. The second-order valence-electron chi connectivity index (χ2n) is 6.17. The zero-order valence-corrected chi connectivity index (χ0v) is 14.7. The molecule has 0 bridgehead atoms. The number of hydrogen-bond acceptors (Lipinski definition) is 3. The van der Waals surface area contributed by atoms with Crippen molar-refractivity contribution < 1.29 is 4.79 Å². The third-order valence-corrected chi connectivity index (χ3v) is 3.86. The van der Waals surface area contributed by atoms with Gasteiger partial charge in [0.25, 0.3) is 0 Å². The molecule has 0 saturated carbocycles. The van der Waals surface area contributed by atoms with E-state index in [4.69, 9.17) is 0 Å². The monoisotopic (exact) mass is 314 g/mol. The minimum absolute atomic E-state index is 0.00182. The quantitative estimate of drug-likeness (QED) is 0.892. The number of amides is 1. The van der Waals surface area contributed by atoms with Crippen molar-refractivity contribution >= 4 is 11.6 Å². The Hall–Kier alpha value is -2.14. The number of carbonyl (C=O) groups is 1. The lowest BCUT2D eigenvalue weighted by molar-refractivity contribution is -0.117. The summed E-state index contributed by atoms with van der Waals surface area (Å²) in [6, 6.07) is 6.07. The molecule has 2 aromatic rings. The average Bonchev–Trinajstić information content (AvgIpc) is 2.77. The van der Waals surface area contributed by atoms with E-state index in [2.05, 4.69) is 30.3 Å². The van der Waals surface area contributed by atoms with Gasteiger partial charge in [-0.2, -0.15) is 5.10 Å². The molecule has 124 valence electrons. The van der Waals surface area contributed by atoms with Crippen LogP contribution in [0.15, 0.2) is 24.4 Å². The number of carbonyl (C=O) groups excluding carboxylic acids is 1. The lowest BCUT2D eigenvalue weighted by Crippen LogP contribution is -2.30. The van der Waals surface area contributed by atoms with Gasteiger partial charge in [0.2, 0.25) is 5.91 Å². The lowest BCUT2D eigenvalue weighted by Gasteiger charge is -2.16. The van der Waals surface area contributed by atoms with Crippen molar-refractivity contribution in [3.63, 3.8) is 0 Å². The molecule has 5 heteroatoms. The first-order valence-corrected chi connectivity index (χ1v) is 7.97. The summed E-state index contributed by atoms with van der Waals surface area (Å²) < 4.78 is 1.97. The number of benzene rings is 1. The fraction of sp³-hybridized carbons (Fsp3) is 0.444. The summed E-state index contributed by atoms with van der Waals surface area (Å²) in [4.78, 5) is 14.2. The summed E-state index contributed by atoms with van der Waals surface area (Å²) >= 11 is 0. The average molecular weight is 314 g/mol. The van der Waals surface area contributed by atoms with Crippen molar-refractivity contribution in [2.45, 2.75) is 40.8 Å². The molecule has 2 rings (SSSR count). The number of nitrogens with one attached hydrogen (secondary N) is 1. The van der Waals surface area contributed by atoms with Gasteiger partial charge >= 0.3 is 0 Å². The van der Waals surface area contributed by atoms with Crippen LogP contribution in [0.2, 0.25) is 0 Å². The van der Waals surface area contributed by atoms with Crippen LogP contribution in [0.5, 0.6) is 0 Å². The van der Waals surface area contributed by atoms with Crippen LogP contribution in [-0.4, -0.2) is 34.2 Å². The zero-order chi connectivity index (χ0) is 17.0. The van der Waals surface area contributed by atoms with Crippen molar-refractivity contribution in [1.82, 2.24) is 14.7 Å². The van der Waals surface area contributed by atoms with E-state index < -0.39 is 0 Å². The lowest BCUT2D eigenvalue weighted by atomic mass is 10.1. The molecule has 0 fully saturated rings. The Labute approximate surface area is 138 Å². The predicted molar refractivity (Wildman–Crippen MR) is 93.5 cm³/mol. The van der Waals surface area contributed by atoms with Gasteiger partial charge in [-0.3, -0.25) is 14.4 Å². The Bertz CT molecular complexity index is 670. The van der Waals surface area contributed by atoms with Crippen LogP contribution in [0.3, 0.4) is 0 Å². The topological polar surface area (TPSA) is 50.2 Å². The van der Waals surface area contributed by atoms with Crippen molar-refractivity contribution in [3.8, 4) is 0 Å². The number of nitrogens with zero attached hydrogens (tertiary/aromatic N) is 3. The fourth-order valence-electron chi connectivity index (χ4n) is 2.80. The van der Waals surface area contributed by atoms with Gasteiger partial charge in [0.05, 0.1) is 12.7 Å². The van der Waals surface area contributed by atoms with Gasteiger partial charge in [-0.25, -0.2) is 0 Å². The van der Waals surface area contributed by atoms with Crippen molar-refractivity contribution in [1.29, 1.82) is 0 Å². The zero-order valence-electron chi connectivity index (χ0n) is 14.7. The fourth-order valence-corrected chi connectivity index (χ4v) is 2.80. The highest BCUT2D eigenvalue weighted by molar-refractivity contribution is 5.92. The van der Waals surface area contributed by atoms with Gasteiger partial charge in [-0.05, 0) is 58.0 Å². The van der Waals surface area contributed by atoms with E-state index in [1.165, 1.54) is 0 Å². The molecule has 0 aliphatic rings. The first-order chi connectivity index (χ1) is 10.9. The van der Waals surface area contributed by atoms with Crippen LogP contribution in [-0.2, 0) is 17.9 Å². The molecule has 1 N–H and O–H groups in total. The summed E-state index contributed by atoms with van der Waals surface area (Å²) in [5.74, 6) is -0.00182. The van der Waals surface area contributed by atoms with Crippen LogP contribution >= 0.6 is 0 Å². The molecule has 5 nitrogen and oxygen atoms in total. The molecular weight excluding hydrogens is 288 g/mol. The van der Waals surface area contributed by atoms with E-state index in [-0.39, 0.29) is 5.91 Å². The summed E-state index contributed by atoms with van der Waals surface area (Å²) in [5, 5.41) is 7.31. The van der Waals surface area contributed by atoms with E-state index in [0.29, 0.717) is 13.1 Å². The van der Waals surface area contributed by atoms with Gasteiger partial charge in [-0.1, -0.05) is 6.07 Å². The molecule has 0 spiro atoms. The molecular formula is C18H26N4O.